The first-order chi connectivity index (χ1) is 37.0. The molecule has 0 aliphatic carbocycles. The summed E-state index contributed by atoms with van der Waals surface area (Å²) in [5, 5.41) is 13.9. The van der Waals surface area contributed by atoms with E-state index in [4.69, 9.17) is 9.05 Å². The van der Waals surface area contributed by atoms with Gasteiger partial charge in [0.15, 0.2) is 0 Å². The summed E-state index contributed by atoms with van der Waals surface area (Å²) in [6.07, 6.45) is 82.1. The first kappa shape index (κ1) is 73.4. The molecule has 8 nitrogen and oxygen atoms in total. The molecular weight excluding hydrogens is 960 g/mol. The molecule has 440 valence electrons. The number of phosphoric acid groups is 1. The maximum Gasteiger partial charge on any atom is 0.268 e. The molecule has 0 aliphatic rings. The molecule has 0 heterocycles. The molecule has 0 saturated carbocycles. The molecule has 0 bridgehead atoms. The summed E-state index contributed by atoms with van der Waals surface area (Å²) in [6, 6.07) is -0.901. The van der Waals surface area contributed by atoms with Crippen LogP contribution in [0, 0.1) is 0 Å². The molecule has 0 aliphatic heterocycles. The molecule has 0 fully saturated rings. The number of unbranched alkanes of at least 4 members (excludes halogenated alkanes) is 30. The highest BCUT2D eigenvalue weighted by atomic mass is 31.2. The van der Waals surface area contributed by atoms with Gasteiger partial charge < -0.3 is 28.8 Å². The molecule has 9 heteroatoms. The van der Waals surface area contributed by atoms with Crippen LogP contribution in [0.15, 0.2) is 97.2 Å². The van der Waals surface area contributed by atoms with Gasteiger partial charge in [0, 0.05) is 6.42 Å². The predicted octanol–water partition coefficient (Wildman–Crippen LogP) is 19.1. The van der Waals surface area contributed by atoms with Crippen LogP contribution in [0.1, 0.15) is 271 Å². The van der Waals surface area contributed by atoms with Crippen LogP contribution >= 0.6 is 7.82 Å². The van der Waals surface area contributed by atoms with E-state index in [9.17, 15) is 19.4 Å². The topological polar surface area (TPSA) is 108 Å². The Labute approximate surface area is 470 Å². The molecule has 0 spiro atoms. The maximum atomic E-state index is 13.0. The predicted molar refractivity (Wildman–Crippen MR) is 329 cm³/mol. The molecule has 3 atom stereocenters. The van der Waals surface area contributed by atoms with E-state index in [1.807, 2.05) is 27.2 Å². The number of rotatable bonds is 57. The highest BCUT2D eigenvalue weighted by molar-refractivity contribution is 7.45. The number of allylic oxidation sites excluding steroid dienone is 15. The van der Waals surface area contributed by atoms with Crippen molar-refractivity contribution in [2.75, 3.05) is 40.9 Å². The fraction of sp³-hybridized carbons (Fsp3) is 0.746. The Bertz CT molecular complexity index is 1560. The number of quaternary nitrogens is 1. The summed E-state index contributed by atoms with van der Waals surface area (Å²) in [5.74, 6) is -0.210. The van der Waals surface area contributed by atoms with Gasteiger partial charge in [-0.3, -0.25) is 9.36 Å². The number of aliphatic hydroxyl groups excluding tert-OH is 1. The largest absolute Gasteiger partial charge is 0.756 e. The lowest BCUT2D eigenvalue weighted by Crippen LogP contribution is -2.45. The second-order valence-corrected chi connectivity index (χ2v) is 23.8. The summed E-state index contributed by atoms with van der Waals surface area (Å²) < 4.78 is 23.4. The molecule has 0 rings (SSSR count). The number of carbonyl (C=O) groups excluding carboxylic acids is 1. The van der Waals surface area contributed by atoms with Crippen molar-refractivity contribution in [1.29, 1.82) is 0 Å². The van der Waals surface area contributed by atoms with Crippen LogP contribution in [-0.2, 0) is 18.4 Å². The number of likely N-dealkylation sites (N-methyl/N-ethyl adjacent to an activating group) is 1. The molecule has 0 aromatic rings. The van der Waals surface area contributed by atoms with E-state index in [2.05, 4.69) is 104 Å². The van der Waals surface area contributed by atoms with Crippen LogP contribution in [0.25, 0.3) is 0 Å². The van der Waals surface area contributed by atoms with Crippen molar-refractivity contribution >= 4 is 13.7 Å². The zero-order valence-electron chi connectivity index (χ0n) is 50.2. The van der Waals surface area contributed by atoms with Gasteiger partial charge in [-0.1, -0.05) is 284 Å². The molecule has 0 aromatic heterocycles. The van der Waals surface area contributed by atoms with E-state index in [1.165, 1.54) is 154 Å². The molecule has 2 N–H and O–H groups in total. The molecule has 3 unspecified atom stereocenters. The lowest BCUT2D eigenvalue weighted by molar-refractivity contribution is -0.870. The Morgan fingerprint density at radius 3 is 1.17 bits per heavy atom. The lowest BCUT2D eigenvalue weighted by atomic mass is 10.0. The average Bonchev–Trinajstić information content (AvgIpc) is 3.38. The highest BCUT2D eigenvalue weighted by Gasteiger charge is 2.23. The van der Waals surface area contributed by atoms with E-state index in [-0.39, 0.29) is 19.1 Å². The van der Waals surface area contributed by atoms with Crippen LogP contribution in [0.4, 0.5) is 0 Å². The Morgan fingerprint density at radius 1 is 0.474 bits per heavy atom. The zero-order chi connectivity index (χ0) is 55.6. The van der Waals surface area contributed by atoms with Gasteiger partial charge in [0.1, 0.15) is 13.2 Å². The van der Waals surface area contributed by atoms with Crippen LogP contribution in [-0.4, -0.2) is 68.5 Å². The minimum Gasteiger partial charge on any atom is -0.756 e. The second-order valence-electron chi connectivity index (χ2n) is 22.4. The summed E-state index contributed by atoms with van der Waals surface area (Å²) >= 11 is 0. The minimum atomic E-state index is -4.61. The maximum absolute atomic E-state index is 13.0. The number of nitrogens with one attached hydrogen (secondary N) is 1. The number of carbonyl (C=O) groups is 1. The number of phosphoric ester groups is 1. The van der Waals surface area contributed by atoms with E-state index in [1.54, 1.807) is 6.08 Å². The standard InChI is InChI=1S/C67H121N2O6P/c1-6-8-10-12-14-16-18-20-22-24-26-28-30-32-33-34-35-37-39-41-43-45-47-49-51-53-55-57-59-61-67(71)68-65(64-75-76(72,73)74-63-62-69(3,4)5)66(70)60-58-56-54-52-50-48-46-44-42-40-38-36-31-29-27-25-23-21-19-17-15-13-11-9-7-2/h8,10,14,16,20,22,26,28,32-33,35,37,41,43,58,60,65-66,70H,6-7,9,11-13,15,17-19,21,23-25,27,29-31,34,36,38-40,42,44-57,59,61-64H2,1-5H3,(H-,68,71,72,73)/b10-8-,16-14-,22-20-,28-26-,33-32-,37-35-,43-41-,60-58+. The SMILES string of the molecule is CC/C=C\C/C=C\C/C=C\C/C=C\C/C=C\C/C=C\C/C=C\CCCCCCCCCC(=O)NC(COP(=O)([O-])OCC[N+](C)(C)C)C(O)/C=C/CCCCCCCCCCCCCCCCCCCCCCCCC. The van der Waals surface area contributed by atoms with Gasteiger partial charge in [0.05, 0.1) is 39.9 Å². The summed E-state index contributed by atoms with van der Waals surface area (Å²) in [5.41, 5.74) is 0. The Hall–Kier alpha value is -2.58. The average molecular weight is 1080 g/mol. The number of nitrogens with zero attached hydrogens (tertiary/aromatic N) is 1. The zero-order valence-corrected chi connectivity index (χ0v) is 51.1. The summed E-state index contributed by atoms with van der Waals surface area (Å²) in [6.45, 7) is 4.54. The van der Waals surface area contributed by atoms with Crippen molar-refractivity contribution in [2.45, 2.75) is 283 Å². The summed E-state index contributed by atoms with van der Waals surface area (Å²) in [7, 11) is 1.25. The van der Waals surface area contributed by atoms with E-state index in [0.717, 1.165) is 96.3 Å². The van der Waals surface area contributed by atoms with Crippen molar-refractivity contribution in [2.24, 2.45) is 0 Å². The quantitative estimate of drug-likeness (QED) is 0.0272. The van der Waals surface area contributed by atoms with Crippen LogP contribution < -0.4 is 10.2 Å². The van der Waals surface area contributed by atoms with E-state index < -0.39 is 20.0 Å². The number of hydrogen-bond donors (Lipinski definition) is 2. The third kappa shape index (κ3) is 59.1. The Kier molecular flexibility index (Phi) is 55.2. The van der Waals surface area contributed by atoms with Gasteiger partial charge in [0.2, 0.25) is 5.91 Å². The second kappa shape index (κ2) is 57.1. The monoisotopic (exact) mass is 1080 g/mol. The molecule has 0 radical (unpaired) electrons. The van der Waals surface area contributed by atoms with Crippen LogP contribution in [0.2, 0.25) is 0 Å². The third-order valence-electron chi connectivity index (χ3n) is 13.8. The van der Waals surface area contributed by atoms with Gasteiger partial charge in [-0.2, -0.15) is 0 Å². The fourth-order valence-corrected chi connectivity index (χ4v) is 9.62. The normalized spacial score (nSPS) is 14.5. The first-order valence-electron chi connectivity index (χ1n) is 31.6. The smallest absolute Gasteiger partial charge is 0.268 e. The van der Waals surface area contributed by atoms with Gasteiger partial charge in [-0.05, 0) is 77.0 Å². The third-order valence-corrected chi connectivity index (χ3v) is 14.8. The van der Waals surface area contributed by atoms with Crippen molar-refractivity contribution < 1.29 is 32.9 Å². The van der Waals surface area contributed by atoms with Gasteiger partial charge in [-0.25, -0.2) is 0 Å². The molecule has 1 amide bonds. The van der Waals surface area contributed by atoms with Crippen molar-refractivity contribution in [3.8, 4) is 0 Å². The van der Waals surface area contributed by atoms with Crippen LogP contribution in [0.3, 0.4) is 0 Å². The van der Waals surface area contributed by atoms with Crippen molar-refractivity contribution in [1.82, 2.24) is 5.32 Å². The van der Waals surface area contributed by atoms with Crippen LogP contribution in [0.5, 0.6) is 0 Å². The van der Waals surface area contributed by atoms with Gasteiger partial charge >= 0.3 is 0 Å². The summed E-state index contributed by atoms with van der Waals surface area (Å²) in [4.78, 5) is 25.6. The number of hydrogen-bond acceptors (Lipinski definition) is 6. The Balaban J connectivity index is 4.22. The highest BCUT2D eigenvalue weighted by Crippen LogP contribution is 2.38. The molecule has 0 saturated heterocycles. The van der Waals surface area contributed by atoms with Crippen molar-refractivity contribution in [3.05, 3.63) is 97.2 Å². The molecule has 0 aromatic carbocycles. The fourth-order valence-electron chi connectivity index (χ4n) is 8.90. The van der Waals surface area contributed by atoms with Gasteiger partial charge in [-0.15, -0.1) is 0 Å². The minimum absolute atomic E-state index is 0.00784. The molecule has 76 heavy (non-hydrogen) atoms. The van der Waals surface area contributed by atoms with Gasteiger partial charge in [0.25, 0.3) is 7.82 Å². The molecular formula is C67H121N2O6P. The number of aliphatic hydroxyl groups is 1. The lowest BCUT2D eigenvalue weighted by Gasteiger charge is -2.29. The van der Waals surface area contributed by atoms with Crippen molar-refractivity contribution in [3.63, 3.8) is 0 Å². The van der Waals surface area contributed by atoms with E-state index >= 15 is 0 Å². The first-order valence-corrected chi connectivity index (χ1v) is 33.1. The number of amides is 1. The Morgan fingerprint density at radius 2 is 0.803 bits per heavy atom. The van der Waals surface area contributed by atoms with E-state index in [0.29, 0.717) is 17.4 Å².